The molecule has 0 saturated heterocycles. The normalized spacial score (nSPS) is 12.2. The average Bonchev–Trinajstić information content (AvgIpc) is 2.29. The van der Waals surface area contributed by atoms with E-state index < -0.39 is 12.0 Å². The van der Waals surface area contributed by atoms with Crippen LogP contribution in [0.3, 0.4) is 0 Å². The van der Waals surface area contributed by atoms with Gasteiger partial charge in [0.15, 0.2) is 0 Å². The third-order valence-corrected chi connectivity index (χ3v) is 3.11. The first kappa shape index (κ1) is 13.6. The molecule has 3 heteroatoms. The summed E-state index contributed by atoms with van der Waals surface area (Å²) < 4.78 is 0. The lowest BCUT2D eigenvalue weighted by Gasteiger charge is -2.28. The summed E-state index contributed by atoms with van der Waals surface area (Å²) >= 11 is 0. The highest BCUT2D eigenvalue weighted by Gasteiger charge is 2.20. The van der Waals surface area contributed by atoms with Crippen LogP contribution in [0.4, 0.5) is 5.69 Å². The fourth-order valence-electron chi connectivity index (χ4n) is 1.82. The SMILES string of the molecule is CCCN(c1ccc(C)c(C)c1)[C@@H](C)C(=O)O. The topological polar surface area (TPSA) is 40.5 Å². The van der Waals surface area contributed by atoms with Gasteiger partial charge >= 0.3 is 5.97 Å². The van der Waals surface area contributed by atoms with Crippen molar-refractivity contribution in [3.05, 3.63) is 29.3 Å². The van der Waals surface area contributed by atoms with E-state index in [1.165, 1.54) is 11.1 Å². The van der Waals surface area contributed by atoms with E-state index in [-0.39, 0.29) is 0 Å². The minimum atomic E-state index is -0.781. The summed E-state index contributed by atoms with van der Waals surface area (Å²) in [5.74, 6) is -0.781. The Balaban J connectivity index is 3.04. The highest BCUT2D eigenvalue weighted by atomic mass is 16.4. The summed E-state index contributed by atoms with van der Waals surface area (Å²) in [6, 6.07) is 5.61. The predicted octanol–water partition coefficient (Wildman–Crippen LogP) is 2.99. The second kappa shape index (κ2) is 5.71. The number of aliphatic carboxylic acids is 1. The number of carboxylic acids is 1. The maximum atomic E-state index is 11.1. The van der Waals surface area contributed by atoms with Crippen LogP contribution in [0, 0.1) is 13.8 Å². The fourth-order valence-corrected chi connectivity index (χ4v) is 1.82. The van der Waals surface area contributed by atoms with Gasteiger partial charge in [-0.1, -0.05) is 13.0 Å². The number of carboxylic acid groups (broad SMARTS) is 1. The van der Waals surface area contributed by atoms with Crippen LogP contribution < -0.4 is 4.90 Å². The first-order valence-corrected chi connectivity index (χ1v) is 6.04. The molecule has 0 aliphatic rings. The summed E-state index contributed by atoms with van der Waals surface area (Å²) in [7, 11) is 0. The highest BCUT2D eigenvalue weighted by Crippen LogP contribution is 2.21. The van der Waals surface area contributed by atoms with Gasteiger partial charge in [-0.05, 0) is 50.5 Å². The molecule has 1 atom stereocenters. The molecule has 0 radical (unpaired) electrons. The Labute approximate surface area is 103 Å². The Hall–Kier alpha value is -1.51. The van der Waals surface area contributed by atoms with E-state index in [2.05, 4.69) is 19.9 Å². The van der Waals surface area contributed by atoms with Crippen LogP contribution in [0.1, 0.15) is 31.4 Å². The first-order chi connectivity index (χ1) is 7.97. The largest absolute Gasteiger partial charge is 0.480 e. The summed E-state index contributed by atoms with van der Waals surface area (Å²) in [6.45, 7) is 8.66. The number of benzene rings is 1. The maximum absolute atomic E-state index is 11.1. The number of nitrogens with zero attached hydrogens (tertiary/aromatic N) is 1. The lowest BCUT2D eigenvalue weighted by atomic mass is 10.1. The summed E-state index contributed by atoms with van der Waals surface area (Å²) in [5, 5.41) is 9.12. The van der Waals surface area contributed by atoms with Gasteiger partial charge in [-0.25, -0.2) is 4.79 Å². The minimum Gasteiger partial charge on any atom is -0.480 e. The number of hydrogen-bond acceptors (Lipinski definition) is 2. The molecule has 17 heavy (non-hydrogen) atoms. The molecule has 0 unspecified atom stereocenters. The van der Waals surface area contributed by atoms with Crippen LogP contribution in [0.15, 0.2) is 18.2 Å². The Bertz CT molecular complexity index is 401. The van der Waals surface area contributed by atoms with Gasteiger partial charge < -0.3 is 10.0 Å². The molecule has 0 aromatic heterocycles. The second-order valence-corrected chi connectivity index (χ2v) is 4.48. The molecule has 1 rings (SSSR count). The molecular weight excluding hydrogens is 214 g/mol. The Kier molecular flexibility index (Phi) is 4.55. The zero-order valence-electron chi connectivity index (χ0n) is 11.0. The molecule has 0 aliphatic heterocycles. The van der Waals surface area contributed by atoms with E-state index in [1.807, 2.05) is 24.0 Å². The number of rotatable bonds is 5. The molecule has 0 heterocycles. The summed E-state index contributed by atoms with van der Waals surface area (Å²) in [5.41, 5.74) is 3.42. The van der Waals surface area contributed by atoms with Crippen molar-refractivity contribution in [3.8, 4) is 0 Å². The Morgan fingerprint density at radius 1 is 1.35 bits per heavy atom. The predicted molar refractivity (Wildman–Crippen MR) is 70.7 cm³/mol. The van der Waals surface area contributed by atoms with Gasteiger partial charge in [0.2, 0.25) is 0 Å². The molecule has 0 spiro atoms. The van der Waals surface area contributed by atoms with Crippen molar-refractivity contribution in [2.24, 2.45) is 0 Å². The third-order valence-electron chi connectivity index (χ3n) is 3.11. The molecule has 0 fully saturated rings. The number of carbonyl (C=O) groups is 1. The van der Waals surface area contributed by atoms with Crippen molar-refractivity contribution in [2.45, 2.75) is 40.2 Å². The number of anilines is 1. The molecule has 3 nitrogen and oxygen atoms in total. The van der Waals surface area contributed by atoms with Gasteiger partial charge in [0.1, 0.15) is 6.04 Å². The molecular formula is C14H21NO2. The zero-order chi connectivity index (χ0) is 13.0. The van der Waals surface area contributed by atoms with Crippen molar-refractivity contribution in [1.29, 1.82) is 0 Å². The van der Waals surface area contributed by atoms with Gasteiger partial charge in [-0.3, -0.25) is 0 Å². The van der Waals surface area contributed by atoms with Gasteiger partial charge in [0, 0.05) is 12.2 Å². The van der Waals surface area contributed by atoms with Crippen molar-refractivity contribution in [3.63, 3.8) is 0 Å². The Morgan fingerprint density at radius 3 is 2.47 bits per heavy atom. The third kappa shape index (κ3) is 3.22. The smallest absolute Gasteiger partial charge is 0.326 e. The molecule has 0 bridgehead atoms. The van der Waals surface area contributed by atoms with E-state index in [4.69, 9.17) is 5.11 Å². The van der Waals surface area contributed by atoms with E-state index in [0.717, 1.165) is 18.7 Å². The fraction of sp³-hybridized carbons (Fsp3) is 0.500. The molecule has 0 saturated carbocycles. The monoisotopic (exact) mass is 235 g/mol. The van der Waals surface area contributed by atoms with E-state index in [1.54, 1.807) is 6.92 Å². The molecule has 1 aromatic carbocycles. The van der Waals surface area contributed by atoms with E-state index >= 15 is 0 Å². The van der Waals surface area contributed by atoms with Crippen LogP contribution in [0.5, 0.6) is 0 Å². The van der Waals surface area contributed by atoms with E-state index in [9.17, 15) is 4.79 Å². The zero-order valence-corrected chi connectivity index (χ0v) is 11.0. The molecule has 0 aliphatic carbocycles. The average molecular weight is 235 g/mol. The van der Waals surface area contributed by atoms with Crippen molar-refractivity contribution < 1.29 is 9.90 Å². The maximum Gasteiger partial charge on any atom is 0.326 e. The number of aryl methyl sites for hydroxylation is 2. The highest BCUT2D eigenvalue weighted by molar-refractivity contribution is 5.77. The van der Waals surface area contributed by atoms with Crippen LogP contribution in [0.2, 0.25) is 0 Å². The van der Waals surface area contributed by atoms with Crippen molar-refractivity contribution >= 4 is 11.7 Å². The van der Waals surface area contributed by atoms with Gasteiger partial charge in [0.25, 0.3) is 0 Å². The van der Waals surface area contributed by atoms with Gasteiger partial charge in [-0.15, -0.1) is 0 Å². The molecule has 94 valence electrons. The van der Waals surface area contributed by atoms with Crippen LogP contribution in [-0.2, 0) is 4.79 Å². The second-order valence-electron chi connectivity index (χ2n) is 4.48. The molecule has 1 aromatic rings. The lowest BCUT2D eigenvalue weighted by molar-refractivity contribution is -0.138. The minimum absolute atomic E-state index is 0.489. The van der Waals surface area contributed by atoms with Crippen molar-refractivity contribution in [1.82, 2.24) is 0 Å². The van der Waals surface area contributed by atoms with E-state index in [0.29, 0.717) is 0 Å². The van der Waals surface area contributed by atoms with Gasteiger partial charge in [-0.2, -0.15) is 0 Å². The Morgan fingerprint density at radius 2 is 2.00 bits per heavy atom. The standard InChI is InChI=1S/C14H21NO2/c1-5-8-15(12(4)14(16)17)13-7-6-10(2)11(3)9-13/h6-7,9,12H,5,8H2,1-4H3,(H,16,17)/t12-/m0/s1. The number of hydrogen-bond donors (Lipinski definition) is 1. The van der Waals surface area contributed by atoms with Gasteiger partial charge in [0.05, 0.1) is 0 Å². The lowest BCUT2D eigenvalue weighted by Crippen LogP contribution is -2.39. The van der Waals surface area contributed by atoms with Crippen LogP contribution >= 0.6 is 0 Å². The summed E-state index contributed by atoms with van der Waals surface area (Å²) in [6.07, 6.45) is 0.935. The van der Waals surface area contributed by atoms with Crippen molar-refractivity contribution in [2.75, 3.05) is 11.4 Å². The van der Waals surface area contributed by atoms with Crippen LogP contribution in [0.25, 0.3) is 0 Å². The quantitative estimate of drug-likeness (QED) is 0.853. The molecule has 0 amide bonds. The first-order valence-electron chi connectivity index (χ1n) is 6.04. The van der Waals surface area contributed by atoms with Crippen LogP contribution in [-0.4, -0.2) is 23.7 Å². The summed E-state index contributed by atoms with van der Waals surface area (Å²) in [4.78, 5) is 13.0. The molecule has 1 N–H and O–H groups in total.